The molecule has 0 aliphatic carbocycles. The number of aliphatic hydroxyl groups is 1. The Morgan fingerprint density at radius 3 is 2.38 bits per heavy atom. The molecule has 1 atom stereocenters. The minimum Gasteiger partial charge on any atom is -1.00 e. The van der Waals surface area contributed by atoms with Gasteiger partial charge in [0.15, 0.2) is 0 Å². The van der Waals surface area contributed by atoms with Gasteiger partial charge in [-0.15, -0.1) is 0 Å². The predicted molar refractivity (Wildman–Crippen MR) is 116 cm³/mol. The molecular weight excluding hydrogens is 382 g/mol. The molecule has 2 aromatic rings. The molecule has 3 nitrogen and oxygen atoms in total. The van der Waals surface area contributed by atoms with Gasteiger partial charge in [-0.25, -0.2) is 0 Å². The minimum atomic E-state index is -0.448. The van der Waals surface area contributed by atoms with Gasteiger partial charge in [-0.1, -0.05) is 50.2 Å². The van der Waals surface area contributed by atoms with E-state index < -0.39 is 6.10 Å². The summed E-state index contributed by atoms with van der Waals surface area (Å²) in [6.45, 7) is 9.71. The van der Waals surface area contributed by atoms with Gasteiger partial charge in [0.25, 0.3) is 0 Å². The molecule has 160 valence electrons. The van der Waals surface area contributed by atoms with E-state index in [-0.39, 0.29) is 12.4 Å². The number of aliphatic hydroxyl groups excluding tert-OH is 1. The highest BCUT2D eigenvalue weighted by molar-refractivity contribution is 5.36. The summed E-state index contributed by atoms with van der Waals surface area (Å²) in [7, 11) is 0. The van der Waals surface area contributed by atoms with Crippen LogP contribution < -0.4 is 17.1 Å². The molecule has 3 rings (SSSR count). The van der Waals surface area contributed by atoms with Crippen LogP contribution in [0.25, 0.3) is 0 Å². The third-order valence-corrected chi connectivity index (χ3v) is 5.85. The highest BCUT2D eigenvalue weighted by atomic mass is 35.5. The molecule has 0 saturated carbocycles. The van der Waals surface area contributed by atoms with Gasteiger partial charge in [0.05, 0.1) is 0 Å². The highest BCUT2D eigenvalue weighted by Gasteiger charge is 2.21. The number of halogens is 1. The molecule has 0 radical (unpaired) electrons. The summed E-state index contributed by atoms with van der Waals surface area (Å²) in [5, 5.41) is 10.4. The standard InChI is InChI=1S/C25H35NO2.ClH/c1-19(2)25-10-9-24(15-20(25)3)28-18-23(27)17-26-13-11-22(12-14-26)16-21-7-5-4-6-8-21;/h4-10,15,19,22-23,27H,11-14,16-18H2,1-3H3;1H/p-1. The van der Waals surface area contributed by atoms with Crippen molar-refractivity contribution in [2.75, 3.05) is 26.2 Å². The van der Waals surface area contributed by atoms with Gasteiger partial charge in [0.1, 0.15) is 18.5 Å². The predicted octanol–water partition coefficient (Wildman–Crippen LogP) is 1.82. The van der Waals surface area contributed by atoms with Crippen molar-refractivity contribution in [2.45, 2.75) is 52.1 Å². The first-order valence-corrected chi connectivity index (χ1v) is 10.7. The van der Waals surface area contributed by atoms with E-state index in [0.717, 1.165) is 24.8 Å². The van der Waals surface area contributed by atoms with Crippen molar-refractivity contribution >= 4 is 0 Å². The van der Waals surface area contributed by atoms with Crippen LogP contribution in [0, 0.1) is 12.8 Å². The van der Waals surface area contributed by atoms with Gasteiger partial charge in [0, 0.05) is 6.54 Å². The largest absolute Gasteiger partial charge is 1.00 e. The zero-order chi connectivity index (χ0) is 19.9. The summed E-state index contributed by atoms with van der Waals surface area (Å²) >= 11 is 0. The maximum absolute atomic E-state index is 10.4. The van der Waals surface area contributed by atoms with Crippen LogP contribution in [-0.4, -0.2) is 42.4 Å². The molecule has 0 amide bonds. The summed E-state index contributed by atoms with van der Waals surface area (Å²) in [6, 6.07) is 17.0. The Hall–Kier alpha value is -1.55. The second-order valence-electron chi connectivity index (χ2n) is 8.57. The smallest absolute Gasteiger partial charge is 0.119 e. The fourth-order valence-corrected chi connectivity index (χ4v) is 4.25. The van der Waals surface area contributed by atoms with Crippen LogP contribution in [0.2, 0.25) is 0 Å². The van der Waals surface area contributed by atoms with Gasteiger partial charge < -0.3 is 27.2 Å². The number of benzene rings is 2. The Bertz CT molecular complexity index is 727. The zero-order valence-corrected chi connectivity index (χ0v) is 18.7. The van der Waals surface area contributed by atoms with Crippen LogP contribution in [-0.2, 0) is 6.42 Å². The number of nitrogens with zero attached hydrogens (tertiary/aromatic N) is 1. The number of piperidine rings is 1. The quantitative estimate of drug-likeness (QED) is 0.712. The summed E-state index contributed by atoms with van der Waals surface area (Å²) in [6.07, 6.45) is 3.14. The first-order valence-electron chi connectivity index (χ1n) is 10.7. The number of aryl methyl sites for hydroxylation is 1. The third-order valence-electron chi connectivity index (χ3n) is 5.85. The number of hydrogen-bond acceptors (Lipinski definition) is 3. The van der Waals surface area contributed by atoms with E-state index in [1.807, 2.05) is 6.07 Å². The van der Waals surface area contributed by atoms with Gasteiger partial charge >= 0.3 is 0 Å². The van der Waals surface area contributed by atoms with Crippen LogP contribution in [0.5, 0.6) is 5.75 Å². The minimum absolute atomic E-state index is 0. The van der Waals surface area contributed by atoms with E-state index in [1.54, 1.807) is 0 Å². The molecule has 1 saturated heterocycles. The molecule has 1 unspecified atom stereocenters. The summed E-state index contributed by atoms with van der Waals surface area (Å²) in [5.41, 5.74) is 4.04. The number of likely N-dealkylation sites (tertiary alicyclic amines) is 1. The molecular formula is C25H35ClNO2-. The van der Waals surface area contributed by atoms with Crippen molar-refractivity contribution in [3.05, 3.63) is 65.2 Å². The second kappa shape index (κ2) is 11.6. The second-order valence-corrected chi connectivity index (χ2v) is 8.57. The van der Waals surface area contributed by atoms with Crippen molar-refractivity contribution < 1.29 is 22.3 Å². The maximum atomic E-state index is 10.4. The van der Waals surface area contributed by atoms with Gasteiger partial charge in [-0.2, -0.15) is 0 Å². The van der Waals surface area contributed by atoms with Crippen molar-refractivity contribution in [2.24, 2.45) is 5.92 Å². The molecule has 1 heterocycles. The van der Waals surface area contributed by atoms with Crippen LogP contribution in [0.3, 0.4) is 0 Å². The van der Waals surface area contributed by atoms with Gasteiger partial charge in [-0.05, 0) is 79.9 Å². The normalized spacial score (nSPS) is 16.4. The van der Waals surface area contributed by atoms with E-state index in [4.69, 9.17) is 4.74 Å². The lowest BCUT2D eigenvalue weighted by molar-refractivity contribution is -0.00000820. The summed E-state index contributed by atoms with van der Waals surface area (Å²) < 4.78 is 5.85. The Morgan fingerprint density at radius 1 is 1.07 bits per heavy atom. The molecule has 0 spiro atoms. The van der Waals surface area contributed by atoms with Crippen LogP contribution in [0.15, 0.2) is 48.5 Å². The maximum Gasteiger partial charge on any atom is 0.119 e. The molecule has 1 aliphatic rings. The Kier molecular flexibility index (Phi) is 9.48. The van der Waals surface area contributed by atoms with E-state index in [2.05, 4.69) is 68.1 Å². The van der Waals surface area contributed by atoms with Gasteiger partial charge in [-0.3, -0.25) is 0 Å². The number of β-amino-alcohol motifs (C(OH)–C–C–N with tert-alkyl or cyclic N) is 1. The molecule has 29 heavy (non-hydrogen) atoms. The monoisotopic (exact) mass is 416 g/mol. The average Bonchev–Trinajstić information content (AvgIpc) is 2.68. The fourth-order valence-electron chi connectivity index (χ4n) is 4.25. The first-order chi connectivity index (χ1) is 13.5. The molecule has 2 aromatic carbocycles. The van der Waals surface area contributed by atoms with Gasteiger partial charge in [0.2, 0.25) is 0 Å². The topological polar surface area (TPSA) is 32.7 Å². The third kappa shape index (κ3) is 7.33. The van der Waals surface area contributed by atoms with E-state index >= 15 is 0 Å². The Morgan fingerprint density at radius 2 is 1.76 bits per heavy atom. The molecule has 0 bridgehead atoms. The fraction of sp³-hybridized carbons (Fsp3) is 0.520. The van der Waals surface area contributed by atoms with E-state index in [0.29, 0.717) is 19.1 Å². The number of hydrogen-bond donors (Lipinski definition) is 1. The SMILES string of the molecule is Cc1cc(OCC(O)CN2CCC(Cc3ccccc3)CC2)ccc1C(C)C.[Cl-]. The lowest BCUT2D eigenvalue weighted by Gasteiger charge is -2.33. The lowest BCUT2D eigenvalue weighted by Crippen LogP contribution is -3.00. The molecule has 0 aromatic heterocycles. The van der Waals surface area contributed by atoms with Crippen molar-refractivity contribution in [3.63, 3.8) is 0 Å². The molecule has 1 aliphatic heterocycles. The van der Waals surface area contributed by atoms with Crippen LogP contribution in [0.1, 0.15) is 49.3 Å². The molecule has 1 N–H and O–H groups in total. The van der Waals surface area contributed by atoms with Crippen molar-refractivity contribution in [3.8, 4) is 5.75 Å². The summed E-state index contributed by atoms with van der Waals surface area (Å²) in [4.78, 5) is 2.38. The van der Waals surface area contributed by atoms with Crippen molar-refractivity contribution in [1.82, 2.24) is 4.90 Å². The summed E-state index contributed by atoms with van der Waals surface area (Å²) in [5.74, 6) is 2.13. The molecule has 1 fully saturated rings. The van der Waals surface area contributed by atoms with Crippen molar-refractivity contribution in [1.29, 1.82) is 0 Å². The number of ether oxygens (including phenoxy) is 1. The molecule has 4 heteroatoms. The van der Waals surface area contributed by atoms with Crippen LogP contribution >= 0.6 is 0 Å². The average molecular weight is 417 g/mol. The number of rotatable bonds is 8. The Labute approximate surface area is 182 Å². The van der Waals surface area contributed by atoms with E-state index in [1.165, 1.54) is 36.0 Å². The van der Waals surface area contributed by atoms with Crippen LogP contribution in [0.4, 0.5) is 0 Å². The highest BCUT2D eigenvalue weighted by Crippen LogP contribution is 2.24. The zero-order valence-electron chi connectivity index (χ0n) is 18.0. The Balaban J connectivity index is 0.00000300. The van der Waals surface area contributed by atoms with E-state index in [9.17, 15) is 5.11 Å². The first kappa shape index (κ1) is 23.7. The lowest BCUT2D eigenvalue weighted by atomic mass is 9.90.